The second-order valence-electron chi connectivity index (χ2n) is 7.66. The van der Waals surface area contributed by atoms with Crippen LogP contribution >= 0.6 is 0 Å². The third kappa shape index (κ3) is 2.96. The van der Waals surface area contributed by atoms with Crippen molar-refractivity contribution in [1.82, 2.24) is 0 Å². The highest BCUT2D eigenvalue weighted by molar-refractivity contribution is 5.52. The molecule has 2 N–H and O–H groups in total. The number of benzene rings is 1. The molecular formula is C19H31NO. The highest BCUT2D eigenvalue weighted by Gasteiger charge is 2.31. The van der Waals surface area contributed by atoms with Crippen LogP contribution in [0.3, 0.4) is 0 Å². The average molecular weight is 289 g/mol. The molecule has 1 aromatic rings. The molecule has 1 atom stereocenters. The van der Waals surface area contributed by atoms with Gasteiger partial charge in [0.1, 0.15) is 5.75 Å². The van der Waals surface area contributed by atoms with Gasteiger partial charge in [0, 0.05) is 23.6 Å². The first kappa shape index (κ1) is 16.4. The first-order valence-electron chi connectivity index (χ1n) is 8.30. The molecule has 0 saturated heterocycles. The van der Waals surface area contributed by atoms with Gasteiger partial charge in [0.15, 0.2) is 0 Å². The van der Waals surface area contributed by atoms with Gasteiger partial charge in [0.25, 0.3) is 0 Å². The van der Waals surface area contributed by atoms with E-state index >= 15 is 0 Å². The Balaban J connectivity index is 2.68. The summed E-state index contributed by atoms with van der Waals surface area (Å²) < 4.78 is 6.03. The fraction of sp³-hybridized carbons (Fsp3) is 0.684. The molecule has 1 unspecified atom stereocenters. The number of fused-ring (bicyclic) bond motifs is 1. The van der Waals surface area contributed by atoms with Gasteiger partial charge in [0.05, 0.1) is 6.61 Å². The Hall–Kier alpha value is -1.02. The molecule has 0 fully saturated rings. The van der Waals surface area contributed by atoms with Gasteiger partial charge in [-0.15, -0.1) is 0 Å². The maximum atomic E-state index is 6.37. The van der Waals surface area contributed by atoms with Crippen LogP contribution in [0.25, 0.3) is 0 Å². The highest BCUT2D eigenvalue weighted by Crippen LogP contribution is 2.44. The van der Waals surface area contributed by atoms with Crippen molar-refractivity contribution < 1.29 is 4.74 Å². The maximum absolute atomic E-state index is 6.37. The van der Waals surface area contributed by atoms with E-state index in [4.69, 9.17) is 10.5 Å². The van der Waals surface area contributed by atoms with E-state index in [0.29, 0.717) is 0 Å². The fourth-order valence-electron chi connectivity index (χ4n) is 2.82. The second-order valence-corrected chi connectivity index (χ2v) is 7.66. The minimum absolute atomic E-state index is 0.104. The molecule has 1 aliphatic heterocycles. The maximum Gasteiger partial charge on any atom is 0.127 e. The number of nitrogens with two attached hydrogens (primary N) is 1. The van der Waals surface area contributed by atoms with Gasteiger partial charge in [-0.05, 0) is 35.3 Å². The lowest BCUT2D eigenvalue weighted by molar-refractivity contribution is 0.259. The summed E-state index contributed by atoms with van der Waals surface area (Å²) in [5, 5.41) is 0. The summed E-state index contributed by atoms with van der Waals surface area (Å²) in [6.07, 6.45) is 3.12. The average Bonchev–Trinajstić information content (AvgIpc) is 2.46. The Bertz CT molecular complexity index is 517. The number of rotatable bonds is 4. The molecule has 1 aromatic carbocycles. The first-order valence-corrected chi connectivity index (χ1v) is 8.30. The van der Waals surface area contributed by atoms with Crippen LogP contribution in [0.1, 0.15) is 83.5 Å². The zero-order valence-corrected chi connectivity index (χ0v) is 14.5. The van der Waals surface area contributed by atoms with Crippen molar-refractivity contribution in [2.24, 2.45) is 5.73 Å². The molecule has 0 spiro atoms. The predicted molar refractivity (Wildman–Crippen MR) is 90.1 cm³/mol. The summed E-state index contributed by atoms with van der Waals surface area (Å²) >= 11 is 0. The van der Waals surface area contributed by atoms with Gasteiger partial charge in [-0.3, -0.25) is 0 Å². The Morgan fingerprint density at radius 3 is 2.29 bits per heavy atom. The molecule has 21 heavy (non-hydrogen) atoms. The van der Waals surface area contributed by atoms with E-state index in [9.17, 15) is 0 Å². The number of ether oxygens (including phenoxy) is 1. The van der Waals surface area contributed by atoms with Crippen LogP contribution in [-0.4, -0.2) is 6.61 Å². The topological polar surface area (TPSA) is 35.2 Å². The second kappa shape index (κ2) is 5.64. The monoisotopic (exact) mass is 289 g/mol. The summed E-state index contributed by atoms with van der Waals surface area (Å²) in [6.45, 7) is 14.5. The summed E-state index contributed by atoms with van der Waals surface area (Å²) in [6, 6.07) is 4.76. The van der Waals surface area contributed by atoms with Crippen LogP contribution in [0, 0.1) is 0 Å². The zero-order valence-electron chi connectivity index (χ0n) is 14.5. The molecule has 2 nitrogen and oxygen atoms in total. The molecule has 2 heteroatoms. The van der Waals surface area contributed by atoms with E-state index in [1.807, 2.05) is 0 Å². The van der Waals surface area contributed by atoms with Crippen molar-refractivity contribution in [3.8, 4) is 5.75 Å². The molecular weight excluding hydrogens is 258 g/mol. The van der Waals surface area contributed by atoms with Gasteiger partial charge < -0.3 is 10.5 Å². The molecule has 0 bridgehead atoms. The predicted octanol–water partition coefficient (Wildman–Crippen LogP) is 4.84. The molecule has 0 aromatic heterocycles. The van der Waals surface area contributed by atoms with E-state index < -0.39 is 0 Å². The van der Waals surface area contributed by atoms with Crippen molar-refractivity contribution in [2.75, 3.05) is 6.61 Å². The normalized spacial score (nSPS) is 19.1. The molecule has 0 radical (unpaired) electrons. The molecule has 1 heterocycles. The summed E-state index contributed by atoms with van der Waals surface area (Å²) in [5.41, 5.74) is 10.6. The van der Waals surface area contributed by atoms with Crippen LogP contribution in [-0.2, 0) is 10.8 Å². The lowest BCUT2D eigenvalue weighted by Gasteiger charge is -2.35. The fourth-order valence-corrected chi connectivity index (χ4v) is 2.82. The minimum Gasteiger partial charge on any atom is -0.493 e. The van der Waals surface area contributed by atoms with Gasteiger partial charge >= 0.3 is 0 Å². The summed E-state index contributed by atoms with van der Waals surface area (Å²) in [7, 11) is 0. The number of hydrogen-bond donors (Lipinski definition) is 1. The standard InChI is InChI=1S/C19H31NO/c1-7-18(3,4)13-11-14-16(20)9-10-21-17(14)15(12-13)19(5,6)8-2/h11-12,16H,7-10,20H2,1-6H3. The molecule has 0 aliphatic carbocycles. The van der Waals surface area contributed by atoms with Crippen molar-refractivity contribution in [2.45, 2.75) is 77.7 Å². The SMILES string of the molecule is CCC(C)(C)c1cc2c(c(C(C)(C)CC)c1)OCCC2N. The van der Waals surface area contributed by atoms with Crippen molar-refractivity contribution in [1.29, 1.82) is 0 Å². The van der Waals surface area contributed by atoms with E-state index in [2.05, 4.69) is 53.7 Å². The Kier molecular flexibility index (Phi) is 4.39. The van der Waals surface area contributed by atoms with Gasteiger partial charge in [0.2, 0.25) is 0 Å². The largest absolute Gasteiger partial charge is 0.493 e. The molecule has 0 saturated carbocycles. The van der Waals surface area contributed by atoms with Gasteiger partial charge in [-0.1, -0.05) is 47.6 Å². The molecule has 0 amide bonds. The van der Waals surface area contributed by atoms with E-state index in [1.165, 1.54) is 16.7 Å². The zero-order chi connectivity index (χ0) is 15.8. The van der Waals surface area contributed by atoms with Gasteiger partial charge in [-0.25, -0.2) is 0 Å². The molecule has 118 valence electrons. The van der Waals surface area contributed by atoms with Gasteiger partial charge in [-0.2, -0.15) is 0 Å². The van der Waals surface area contributed by atoms with Crippen LogP contribution in [0.4, 0.5) is 0 Å². The van der Waals surface area contributed by atoms with Crippen LogP contribution in [0.15, 0.2) is 12.1 Å². The van der Waals surface area contributed by atoms with Crippen LogP contribution in [0.5, 0.6) is 5.75 Å². The van der Waals surface area contributed by atoms with Crippen molar-refractivity contribution in [3.63, 3.8) is 0 Å². The first-order chi connectivity index (χ1) is 9.73. The highest BCUT2D eigenvalue weighted by atomic mass is 16.5. The Labute approximate surface area is 130 Å². The van der Waals surface area contributed by atoms with Crippen molar-refractivity contribution >= 4 is 0 Å². The van der Waals surface area contributed by atoms with Crippen molar-refractivity contribution in [3.05, 3.63) is 28.8 Å². The minimum atomic E-state index is 0.104. The summed E-state index contributed by atoms with van der Waals surface area (Å²) in [4.78, 5) is 0. The molecule has 1 aliphatic rings. The quantitative estimate of drug-likeness (QED) is 0.860. The third-order valence-electron chi connectivity index (χ3n) is 5.47. The van der Waals surface area contributed by atoms with Crippen LogP contribution < -0.4 is 10.5 Å². The Morgan fingerprint density at radius 2 is 1.71 bits per heavy atom. The lowest BCUT2D eigenvalue weighted by Crippen LogP contribution is -2.27. The molecule has 2 rings (SSSR count). The van der Waals surface area contributed by atoms with E-state index in [-0.39, 0.29) is 16.9 Å². The Morgan fingerprint density at radius 1 is 1.10 bits per heavy atom. The smallest absolute Gasteiger partial charge is 0.127 e. The third-order valence-corrected chi connectivity index (χ3v) is 5.47. The van der Waals surface area contributed by atoms with Crippen LogP contribution in [0.2, 0.25) is 0 Å². The van der Waals surface area contributed by atoms with E-state index in [1.54, 1.807) is 0 Å². The number of hydrogen-bond acceptors (Lipinski definition) is 2. The lowest BCUT2D eigenvalue weighted by atomic mass is 9.74. The van der Waals surface area contributed by atoms with E-state index in [0.717, 1.165) is 31.6 Å². The summed E-state index contributed by atoms with van der Waals surface area (Å²) in [5.74, 6) is 1.05.